The zero-order chi connectivity index (χ0) is 28.4. The molecule has 0 saturated heterocycles. The first-order chi connectivity index (χ1) is 19.2. The molecule has 1 aromatic carbocycles. The first kappa shape index (κ1) is 26.5. The predicted molar refractivity (Wildman–Crippen MR) is 142 cm³/mol. The number of aromatic nitrogens is 4. The summed E-state index contributed by atoms with van der Waals surface area (Å²) < 4.78 is 27.0. The predicted octanol–water partition coefficient (Wildman–Crippen LogP) is 3.63. The van der Waals surface area contributed by atoms with Crippen LogP contribution < -0.4 is 27.2 Å². The molecule has 3 aromatic heterocycles. The Labute approximate surface area is 227 Å². The van der Waals surface area contributed by atoms with Crippen molar-refractivity contribution in [3.63, 3.8) is 0 Å². The van der Waals surface area contributed by atoms with Gasteiger partial charge in [-0.05, 0) is 49.2 Å². The Hall–Kier alpha value is -5.06. The van der Waals surface area contributed by atoms with E-state index >= 15 is 0 Å². The van der Waals surface area contributed by atoms with Crippen LogP contribution in [0.5, 0.6) is 0 Å². The van der Waals surface area contributed by atoms with Crippen LogP contribution in [-0.2, 0) is 0 Å². The third kappa shape index (κ3) is 5.39. The summed E-state index contributed by atoms with van der Waals surface area (Å²) in [6.07, 6.45) is 4.28. The topological polar surface area (TPSA) is 167 Å². The summed E-state index contributed by atoms with van der Waals surface area (Å²) in [5.74, 6) is -1.83. The second-order valence-electron chi connectivity index (χ2n) is 9.18. The van der Waals surface area contributed by atoms with Crippen LogP contribution >= 0.6 is 0 Å². The molecule has 0 saturated carbocycles. The first-order valence-corrected chi connectivity index (χ1v) is 12.3. The molecule has 3 atom stereocenters. The van der Waals surface area contributed by atoms with E-state index in [2.05, 4.69) is 41.4 Å². The van der Waals surface area contributed by atoms with Gasteiger partial charge in [0.25, 0.3) is 5.91 Å². The molecule has 0 fully saturated rings. The number of halogens is 2. The minimum atomic E-state index is -1.02. The monoisotopic (exact) mass is 542 g/mol. The Morgan fingerprint density at radius 2 is 1.82 bits per heavy atom. The van der Waals surface area contributed by atoms with Gasteiger partial charge in [0.1, 0.15) is 18.1 Å². The maximum Gasteiger partial charge on any atom is 0.274 e. The van der Waals surface area contributed by atoms with Gasteiger partial charge in [-0.15, -0.1) is 0 Å². The summed E-state index contributed by atoms with van der Waals surface area (Å²) in [6.45, 7) is 3.47. The minimum absolute atomic E-state index is 0.0528. The molecular weight excluding hydrogens is 518 g/mol. The van der Waals surface area contributed by atoms with Gasteiger partial charge in [-0.3, -0.25) is 9.78 Å². The summed E-state index contributed by atoms with van der Waals surface area (Å²) in [6, 6.07) is 9.87. The lowest BCUT2D eigenvalue weighted by atomic mass is 10.1. The highest BCUT2D eigenvalue weighted by Crippen LogP contribution is 2.28. The van der Waals surface area contributed by atoms with Crippen molar-refractivity contribution >= 4 is 17.5 Å². The van der Waals surface area contributed by atoms with Crippen LogP contribution in [0.4, 0.5) is 20.4 Å². The third-order valence-corrected chi connectivity index (χ3v) is 6.43. The molecule has 4 heterocycles. The van der Waals surface area contributed by atoms with Crippen molar-refractivity contribution in [1.29, 1.82) is 5.26 Å². The van der Waals surface area contributed by atoms with E-state index in [-0.39, 0.29) is 29.4 Å². The Morgan fingerprint density at radius 1 is 1.02 bits per heavy atom. The number of hydrazine groups is 1. The molecular formula is C27H24F2N10O. The van der Waals surface area contributed by atoms with Crippen LogP contribution in [0.25, 0.3) is 11.3 Å². The number of hydrogen-bond acceptors (Lipinski definition) is 10. The van der Waals surface area contributed by atoms with Crippen LogP contribution in [0.1, 0.15) is 65.0 Å². The van der Waals surface area contributed by atoms with E-state index in [1.54, 1.807) is 19.3 Å². The molecule has 1 aliphatic rings. The molecule has 1 amide bonds. The zero-order valence-electron chi connectivity index (χ0n) is 21.4. The number of nitriles is 1. The number of nitrogens with zero attached hydrogens (tertiary/aromatic N) is 5. The molecule has 0 radical (unpaired) electrons. The second kappa shape index (κ2) is 11.0. The molecule has 202 valence electrons. The van der Waals surface area contributed by atoms with Crippen molar-refractivity contribution in [2.24, 2.45) is 5.73 Å². The number of anilines is 2. The number of amides is 1. The minimum Gasteiger partial charge on any atom is -0.362 e. The van der Waals surface area contributed by atoms with Crippen molar-refractivity contribution in [2.45, 2.75) is 32.1 Å². The van der Waals surface area contributed by atoms with E-state index in [9.17, 15) is 18.8 Å². The van der Waals surface area contributed by atoms with Gasteiger partial charge in [0, 0.05) is 23.5 Å². The van der Waals surface area contributed by atoms with Gasteiger partial charge < -0.3 is 21.8 Å². The maximum absolute atomic E-state index is 13.7. The average Bonchev–Trinajstić information content (AvgIpc) is 3.34. The smallest absolute Gasteiger partial charge is 0.274 e. The van der Waals surface area contributed by atoms with Gasteiger partial charge in [0.05, 0.1) is 24.0 Å². The number of hydrogen-bond donors (Lipinski definition) is 5. The van der Waals surface area contributed by atoms with Crippen molar-refractivity contribution < 1.29 is 13.6 Å². The van der Waals surface area contributed by atoms with Crippen molar-refractivity contribution in [1.82, 2.24) is 30.7 Å². The number of carbonyl (C=O) groups excluding carboxylic acids is 1. The van der Waals surface area contributed by atoms with Crippen LogP contribution in [0, 0.1) is 23.0 Å². The van der Waals surface area contributed by atoms with E-state index in [4.69, 9.17) is 5.73 Å². The average molecular weight is 543 g/mol. The van der Waals surface area contributed by atoms with Gasteiger partial charge in [0.2, 0.25) is 0 Å². The Kier molecular flexibility index (Phi) is 7.28. The standard InChI is InChI=1S/C27H24F2N10O/c1-13(15-3-5-20(28)21(29)8-15)36-27(40)23-26(34-12-18(9-30)37-23)35-14(2)16-4-6-22(32-10-16)17-7-19-24(31)38-39-25(19)33-11-17/h3-8,10-14,24,38H,31H2,1-2H3,(H,33,39)(H,34,35)(H,36,40). The summed E-state index contributed by atoms with van der Waals surface area (Å²) >= 11 is 0. The number of carbonyl (C=O) groups is 1. The highest BCUT2D eigenvalue weighted by atomic mass is 19.2. The molecule has 13 heteroatoms. The Bertz CT molecular complexity index is 1620. The Morgan fingerprint density at radius 3 is 2.55 bits per heavy atom. The molecule has 1 aliphatic heterocycles. The molecule has 0 bridgehead atoms. The lowest BCUT2D eigenvalue weighted by Crippen LogP contribution is -2.29. The number of nitrogens with two attached hydrogens (primary N) is 1. The molecule has 3 unspecified atom stereocenters. The molecule has 6 N–H and O–H groups in total. The van der Waals surface area contributed by atoms with E-state index in [0.717, 1.165) is 28.8 Å². The maximum atomic E-state index is 13.7. The summed E-state index contributed by atoms with van der Waals surface area (Å²) in [7, 11) is 0. The molecule has 0 spiro atoms. The highest BCUT2D eigenvalue weighted by molar-refractivity contribution is 5.97. The lowest BCUT2D eigenvalue weighted by Gasteiger charge is -2.19. The molecule has 4 aromatic rings. The SMILES string of the molecule is CC(NC(=O)c1nc(C#N)cnc1NC(C)c1ccc(-c2cnc3c(c2)C(N)NN3)nc1)c1ccc(F)c(F)c1. The summed E-state index contributed by atoms with van der Waals surface area (Å²) in [4.78, 5) is 30.4. The third-order valence-electron chi connectivity index (χ3n) is 6.43. The fraction of sp³-hybridized carbons (Fsp3) is 0.185. The number of fused-ring (bicyclic) bond motifs is 1. The molecule has 40 heavy (non-hydrogen) atoms. The fourth-order valence-electron chi connectivity index (χ4n) is 4.14. The van der Waals surface area contributed by atoms with Crippen LogP contribution in [0.3, 0.4) is 0 Å². The van der Waals surface area contributed by atoms with Gasteiger partial charge in [-0.2, -0.15) is 5.26 Å². The van der Waals surface area contributed by atoms with Crippen molar-refractivity contribution in [3.05, 3.63) is 94.7 Å². The van der Waals surface area contributed by atoms with E-state index < -0.39 is 23.6 Å². The quantitative estimate of drug-likeness (QED) is 0.233. The molecule has 5 rings (SSSR count). The zero-order valence-corrected chi connectivity index (χ0v) is 21.4. The molecule has 0 aliphatic carbocycles. The molecule has 11 nitrogen and oxygen atoms in total. The van der Waals surface area contributed by atoms with Crippen LogP contribution in [0.2, 0.25) is 0 Å². The van der Waals surface area contributed by atoms with E-state index in [0.29, 0.717) is 17.1 Å². The van der Waals surface area contributed by atoms with Crippen molar-refractivity contribution in [2.75, 3.05) is 10.7 Å². The number of pyridine rings is 2. The van der Waals surface area contributed by atoms with Gasteiger partial charge in [0.15, 0.2) is 28.8 Å². The van der Waals surface area contributed by atoms with Crippen LogP contribution in [-0.4, -0.2) is 25.8 Å². The Balaban J connectivity index is 1.33. The van der Waals surface area contributed by atoms with Crippen molar-refractivity contribution in [3.8, 4) is 17.3 Å². The number of benzene rings is 1. The van der Waals surface area contributed by atoms with Gasteiger partial charge in [-0.25, -0.2) is 29.2 Å². The highest BCUT2D eigenvalue weighted by Gasteiger charge is 2.22. The number of nitrogens with one attached hydrogen (secondary N) is 4. The fourth-order valence-corrected chi connectivity index (χ4v) is 4.14. The second-order valence-corrected chi connectivity index (χ2v) is 9.18. The lowest BCUT2D eigenvalue weighted by molar-refractivity contribution is 0.0935. The normalized spacial score (nSPS) is 15.3. The van der Waals surface area contributed by atoms with Gasteiger partial charge >= 0.3 is 0 Å². The van der Waals surface area contributed by atoms with Gasteiger partial charge in [-0.1, -0.05) is 12.1 Å². The summed E-state index contributed by atoms with van der Waals surface area (Å²) in [5, 5.41) is 15.1. The summed E-state index contributed by atoms with van der Waals surface area (Å²) in [5.41, 5.74) is 15.2. The number of rotatable bonds is 7. The van der Waals surface area contributed by atoms with E-state index in [1.807, 2.05) is 31.2 Å². The van der Waals surface area contributed by atoms with Crippen LogP contribution in [0.15, 0.2) is 55.0 Å². The largest absolute Gasteiger partial charge is 0.362 e. The van der Waals surface area contributed by atoms with E-state index in [1.165, 1.54) is 12.3 Å². The first-order valence-electron chi connectivity index (χ1n) is 12.3.